The largest absolute Gasteiger partial charge is 0.459 e. The average molecular weight is 285 g/mol. The van der Waals surface area contributed by atoms with E-state index < -0.39 is 0 Å². The number of carbonyl (C=O) groups is 1. The van der Waals surface area contributed by atoms with Gasteiger partial charge in [-0.15, -0.1) is 0 Å². The number of nitrogens with one attached hydrogen (secondary N) is 1. The zero-order valence-electron chi connectivity index (χ0n) is 12.0. The van der Waals surface area contributed by atoms with Crippen LogP contribution in [0.2, 0.25) is 0 Å². The molecule has 21 heavy (non-hydrogen) atoms. The van der Waals surface area contributed by atoms with Crippen LogP contribution < -0.4 is 5.32 Å². The molecule has 0 unspecified atom stereocenters. The molecule has 1 aliphatic rings. The summed E-state index contributed by atoms with van der Waals surface area (Å²) in [5.74, 6) is 0.149. The maximum atomic E-state index is 12.1. The van der Waals surface area contributed by atoms with Crippen LogP contribution in [-0.2, 0) is 4.74 Å². The minimum Gasteiger partial charge on any atom is -0.459 e. The number of amides is 1. The molecular weight excluding hydrogens is 266 g/mol. The molecule has 4 heteroatoms. The number of hydrogen-bond acceptors (Lipinski definition) is 3. The van der Waals surface area contributed by atoms with Gasteiger partial charge in [-0.05, 0) is 37.5 Å². The summed E-state index contributed by atoms with van der Waals surface area (Å²) < 4.78 is 11.0. The van der Waals surface area contributed by atoms with Gasteiger partial charge in [-0.1, -0.05) is 29.8 Å². The second-order valence-corrected chi connectivity index (χ2v) is 5.40. The fourth-order valence-corrected chi connectivity index (χ4v) is 2.66. The molecule has 3 rings (SSSR count). The lowest BCUT2D eigenvalue weighted by Gasteiger charge is -2.32. The number of carbonyl (C=O) groups excluding carboxylic acids is 1. The quantitative estimate of drug-likeness (QED) is 0.942. The maximum absolute atomic E-state index is 12.1. The molecule has 1 amide bonds. The van der Waals surface area contributed by atoms with Crippen LogP contribution in [0.3, 0.4) is 0 Å². The summed E-state index contributed by atoms with van der Waals surface area (Å²) in [6, 6.07) is 11.6. The highest BCUT2D eigenvalue weighted by Gasteiger charge is 2.29. The fraction of sp³-hybridized carbons (Fsp3) is 0.353. The highest BCUT2D eigenvalue weighted by Crippen LogP contribution is 2.28. The second-order valence-electron chi connectivity index (χ2n) is 5.40. The predicted molar refractivity (Wildman–Crippen MR) is 79.1 cm³/mol. The molecule has 1 aliphatic heterocycles. The van der Waals surface area contributed by atoms with Gasteiger partial charge in [-0.2, -0.15) is 0 Å². The molecule has 4 nitrogen and oxygen atoms in total. The molecule has 2 atom stereocenters. The van der Waals surface area contributed by atoms with E-state index in [0.717, 1.165) is 25.0 Å². The van der Waals surface area contributed by atoms with Crippen molar-refractivity contribution in [1.29, 1.82) is 0 Å². The summed E-state index contributed by atoms with van der Waals surface area (Å²) in [6.07, 6.45) is 3.26. The Morgan fingerprint density at radius 3 is 2.76 bits per heavy atom. The first-order chi connectivity index (χ1) is 10.2. The van der Waals surface area contributed by atoms with E-state index in [-0.39, 0.29) is 18.1 Å². The highest BCUT2D eigenvalue weighted by molar-refractivity contribution is 5.91. The van der Waals surface area contributed by atoms with E-state index in [1.54, 1.807) is 12.1 Å². The van der Waals surface area contributed by atoms with Crippen LogP contribution in [0.1, 0.15) is 40.6 Å². The molecule has 1 N–H and O–H groups in total. The SMILES string of the molecule is Cc1ccc([C@@H]2OCCC[C@@H]2NC(=O)c2ccco2)cc1. The highest BCUT2D eigenvalue weighted by atomic mass is 16.5. The molecule has 2 aromatic rings. The van der Waals surface area contributed by atoms with Gasteiger partial charge in [0.2, 0.25) is 0 Å². The van der Waals surface area contributed by atoms with Crippen molar-refractivity contribution in [2.75, 3.05) is 6.61 Å². The van der Waals surface area contributed by atoms with Crippen LogP contribution in [0.5, 0.6) is 0 Å². The molecule has 1 aromatic carbocycles. The molecule has 1 aromatic heterocycles. The minimum atomic E-state index is -0.187. The van der Waals surface area contributed by atoms with E-state index in [1.807, 2.05) is 0 Å². The second kappa shape index (κ2) is 6.14. The van der Waals surface area contributed by atoms with Crippen LogP contribution in [0, 0.1) is 6.92 Å². The first-order valence-corrected chi connectivity index (χ1v) is 7.26. The predicted octanol–water partition coefficient (Wildman–Crippen LogP) is 3.24. The van der Waals surface area contributed by atoms with Gasteiger partial charge in [0.15, 0.2) is 5.76 Å². The summed E-state index contributed by atoms with van der Waals surface area (Å²) in [6.45, 7) is 2.79. The Labute approximate surface area is 124 Å². The van der Waals surface area contributed by atoms with Crippen molar-refractivity contribution in [3.05, 3.63) is 59.5 Å². The van der Waals surface area contributed by atoms with E-state index in [4.69, 9.17) is 9.15 Å². The standard InChI is InChI=1S/C17H19NO3/c1-12-6-8-13(9-7-12)16-14(4-2-11-21-16)18-17(19)15-5-3-10-20-15/h3,5-10,14,16H,2,4,11H2,1H3,(H,18,19)/t14-,16-/m0/s1. The molecule has 1 saturated heterocycles. The van der Waals surface area contributed by atoms with Gasteiger partial charge in [0.25, 0.3) is 5.91 Å². The summed E-state index contributed by atoms with van der Waals surface area (Å²) in [4.78, 5) is 12.1. The summed E-state index contributed by atoms with van der Waals surface area (Å²) in [7, 11) is 0. The molecule has 2 heterocycles. The molecule has 0 radical (unpaired) electrons. The summed E-state index contributed by atoms with van der Waals surface area (Å²) in [5, 5.41) is 3.03. The van der Waals surface area contributed by atoms with Crippen LogP contribution in [-0.4, -0.2) is 18.6 Å². The lowest BCUT2D eigenvalue weighted by atomic mass is 9.95. The fourth-order valence-electron chi connectivity index (χ4n) is 2.66. The molecular formula is C17H19NO3. The topological polar surface area (TPSA) is 51.5 Å². The third-order valence-corrected chi connectivity index (χ3v) is 3.79. The van der Waals surface area contributed by atoms with Crippen molar-refractivity contribution in [2.45, 2.75) is 31.9 Å². The van der Waals surface area contributed by atoms with Gasteiger partial charge >= 0.3 is 0 Å². The van der Waals surface area contributed by atoms with Crippen molar-refractivity contribution in [3.63, 3.8) is 0 Å². The average Bonchev–Trinajstić information content (AvgIpc) is 3.03. The molecule has 0 saturated carbocycles. The third kappa shape index (κ3) is 3.16. The first kappa shape index (κ1) is 13.9. The summed E-state index contributed by atoms with van der Waals surface area (Å²) >= 11 is 0. The summed E-state index contributed by atoms with van der Waals surface area (Å²) in [5.41, 5.74) is 2.32. The van der Waals surface area contributed by atoms with Crippen molar-refractivity contribution in [3.8, 4) is 0 Å². The number of benzene rings is 1. The molecule has 1 fully saturated rings. The number of furan rings is 1. The van der Waals surface area contributed by atoms with Gasteiger partial charge in [-0.3, -0.25) is 4.79 Å². The van der Waals surface area contributed by atoms with E-state index >= 15 is 0 Å². The van der Waals surface area contributed by atoms with Gasteiger partial charge in [0, 0.05) is 6.61 Å². The van der Waals surface area contributed by atoms with E-state index in [2.05, 4.69) is 36.5 Å². The van der Waals surface area contributed by atoms with Crippen molar-refractivity contribution >= 4 is 5.91 Å². The minimum absolute atomic E-state index is 0.0287. The Bertz CT molecular complexity index is 589. The van der Waals surface area contributed by atoms with Crippen molar-refractivity contribution in [2.24, 2.45) is 0 Å². The first-order valence-electron chi connectivity index (χ1n) is 7.26. The van der Waals surface area contributed by atoms with Crippen LogP contribution in [0.25, 0.3) is 0 Å². The lowest BCUT2D eigenvalue weighted by molar-refractivity contribution is -0.00973. The Morgan fingerprint density at radius 1 is 1.24 bits per heavy atom. The molecule has 0 spiro atoms. The monoisotopic (exact) mass is 285 g/mol. The Morgan fingerprint density at radius 2 is 2.05 bits per heavy atom. The molecule has 0 bridgehead atoms. The van der Waals surface area contributed by atoms with E-state index in [0.29, 0.717) is 5.76 Å². The maximum Gasteiger partial charge on any atom is 0.287 e. The Kier molecular flexibility index (Phi) is 4.06. The third-order valence-electron chi connectivity index (χ3n) is 3.79. The zero-order chi connectivity index (χ0) is 14.7. The van der Waals surface area contributed by atoms with Gasteiger partial charge in [0.1, 0.15) is 6.10 Å². The zero-order valence-corrected chi connectivity index (χ0v) is 12.0. The van der Waals surface area contributed by atoms with Crippen molar-refractivity contribution in [1.82, 2.24) is 5.32 Å². The Balaban J connectivity index is 1.75. The smallest absolute Gasteiger partial charge is 0.287 e. The number of aryl methyl sites for hydroxylation is 1. The van der Waals surface area contributed by atoms with Gasteiger partial charge < -0.3 is 14.5 Å². The number of ether oxygens (including phenoxy) is 1. The number of rotatable bonds is 3. The van der Waals surface area contributed by atoms with Crippen LogP contribution >= 0.6 is 0 Å². The van der Waals surface area contributed by atoms with Gasteiger partial charge in [-0.25, -0.2) is 0 Å². The Hall–Kier alpha value is -2.07. The van der Waals surface area contributed by atoms with Crippen LogP contribution in [0.15, 0.2) is 47.1 Å². The normalized spacial score (nSPS) is 22.0. The molecule has 110 valence electrons. The number of hydrogen-bond donors (Lipinski definition) is 1. The van der Waals surface area contributed by atoms with E-state index in [1.165, 1.54) is 11.8 Å². The lowest BCUT2D eigenvalue weighted by Crippen LogP contribution is -2.42. The van der Waals surface area contributed by atoms with Crippen LogP contribution in [0.4, 0.5) is 0 Å². The molecule has 0 aliphatic carbocycles. The van der Waals surface area contributed by atoms with Crippen molar-refractivity contribution < 1.29 is 13.9 Å². The van der Waals surface area contributed by atoms with E-state index in [9.17, 15) is 4.79 Å². The van der Waals surface area contributed by atoms with Gasteiger partial charge in [0.05, 0.1) is 12.3 Å².